The fraction of sp³-hybridized carbons (Fsp3) is 0. The molecule has 0 saturated heterocycles. The summed E-state index contributed by atoms with van der Waals surface area (Å²) in [5, 5.41) is 0. The zero-order chi connectivity index (χ0) is 21.9. The van der Waals surface area contributed by atoms with Crippen molar-refractivity contribution >= 4 is 27.3 Å². The molecule has 30 heavy (non-hydrogen) atoms. The van der Waals surface area contributed by atoms with Crippen LogP contribution in [-0.2, 0) is 10.0 Å². The zero-order valence-electron chi connectivity index (χ0n) is 14.9. The van der Waals surface area contributed by atoms with E-state index in [1.807, 2.05) is 0 Å². The largest absolute Gasteiger partial charge is 0.295 e. The van der Waals surface area contributed by atoms with Gasteiger partial charge in [0, 0.05) is 11.3 Å². The van der Waals surface area contributed by atoms with Gasteiger partial charge in [-0.2, -0.15) is 0 Å². The Kier molecular flexibility index (Phi) is 5.92. The molecule has 11 heteroatoms. The van der Waals surface area contributed by atoms with Crippen LogP contribution in [0.25, 0.3) is 0 Å². The molecule has 0 spiro atoms. The molecular formula is C19H13F4N3O3S. The quantitative estimate of drug-likeness (QED) is 0.310. The van der Waals surface area contributed by atoms with Gasteiger partial charge in [-0.05, 0) is 60.7 Å². The van der Waals surface area contributed by atoms with Crippen molar-refractivity contribution in [3.8, 4) is 0 Å². The fourth-order valence-electron chi connectivity index (χ4n) is 2.34. The number of hydrogen-bond acceptors (Lipinski definition) is 4. The van der Waals surface area contributed by atoms with Crippen molar-refractivity contribution in [2.75, 3.05) is 10.1 Å². The molecule has 0 aliphatic carbocycles. The lowest BCUT2D eigenvalue weighted by Crippen LogP contribution is -2.30. The number of rotatable bonds is 6. The molecule has 0 aliphatic rings. The monoisotopic (exact) mass is 439 g/mol. The molecule has 1 amide bonds. The van der Waals surface area contributed by atoms with Crippen LogP contribution in [0.15, 0.2) is 65.6 Å². The standard InChI is InChI=1S/C19H13F4N3O3S/c20-12-3-7-14(8-4-12)30(28,29)26-13-5-1-11(2-6-13)19(27)25-24-16-10-9-15(21)17(22)18(16)23/h1-10,24,26H,(H,25,27). The van der Waals surface area contributed by atoms with Gasteiger partial charge in [-0.3, -0.25) is 20.4 Å². The molecular weight excluding hydrogens is 426 g/mol. The third-order valence-electron chi connectivity index (χ3n) is 3.87. The Balaban J connectivity index is 1.66. The number of carbonyl (C=O) groups is 1. The van der Waals surface area contributed by atoms with Crippen LogP contribution < -0.4 is 15.6 Å². The summed E-state index contributed by atoms with van der Waals surface area (Å²) in [7, 11) is -3.96. The number of carbonyl (C=O) groups excluding carboxylic acids is 1. The first kappa shape index (κ1) is 21.1. The molecule has 0 unspecified atom stereocenters. The molecule has 0 fully saturated rings. The molecule has 3 aromatic rings. The average Bonchev–Trinajstić information content (AvgIpc) is 2.72. The van der Waals surface area contributed by atoms with E-state index < -0.39 is 44.9 Å². The SMILES string of the molecule is O=C(NNc1ccc(F)c(F)c1F)c1ccc(NS(=O)(=O)c2ccc(F)cc2)cc1. The van der Waals surface area contributed by atoms with Crippen LogP contribution in [0.2, 0.25) is 0 Å². The predicted octanol–water partition coefficient (Wildman–Crippen LogP) is 3.80. The molecule has 0 aromatic heterocycles. The van der Waals surface area contributed by atoms with E-state index in [0.29, 0.717) is 6.07 Å². The second kappa shape index (κ2) is 8.41. The zero-order valence-corrected chi connectivity index (χ0v) is 15.7. The maximum Gasteiger partial charge on any atom is 0.269 e. The normalized spacial score (nSPS) is 11.1. The third-order valence-corrected chi connectivity index (χ3v) is 5.27. The number of nitrogens with one attached hydrogen (secondary N) is 3. The second-order valence-corrected chi connectivity index (χ2v) is 7.62. The smallest absolute Gasteiger partial charge is 0.269 e. The van der Waals surface area contributed by atoms with Crippen LogP contribution in [0.1, 0.15) is 10.4 Å². The minimum Gasteiger partial charge on any atom is -0.295 e. The first-order valence-corrected chi connectivity index (χ1v) is 9.74. The van der Waals surface area contributed by atoms with E-state index in [-0.39, 0.29) is 16.1 Å². The highest BCUT2D eigenvalue weighted by molar-refractivity contribution is 7.92. The van der Waals surface area contributed by atoms with Crippen molar-refractivity contribution in [1.82, 2.24) is 5.43 Å². The van der Waals surface area contributed by atoms with E-state index in [2.05, 4.69) is 15.6 Å². The number of hydrogen-bond donors (Lipinski definition) is 3. The second-order valence-electron chi connectivity index (χ2n) is 5.94. The summed E-state index contributed by atoms with van der Waals surface area (Å²) in [6.45, 7) is 0. The first-order chi connectivity index (χ1) is 14.2. The van der Waals surface area contributed by atoms with Crippen LogP contribution in [0, 0.1) is 23.3 Å². The molecule has 3 N–H and O–H groups in total. The van der Waals surface area contributed by atoms with Crippen LogP contribution in [0.4, 0.5) is 28.9 Å². The maximum absolute atomic E-state index is 13.6. The molecule has 0 radical (unpaired) electrons. The predicted molar refractivity (Wildman–Crippen MR) is 101 cm³/mol. The number of benzene rings is 3. The molecule has 156 valence electrons. The van der Waals surface area contributed by atoms with E-state index in [1.165, 1.54) is 24.3 Å². The van der Waals surface area contributed by atoms with E-state index in [0.717, 1.165) is 30.3 Å². The van der Waals surface area contributed by atoms with Gasteiger partial charge >= 0.3 is 0 Å². The summed E-state index contributed by atoms with van der Waals surface area (Å²) in [5.41, 5.74) is 3.96. The van der Waals surface area contributed by atoms with Gasteiger partial charge in [-0.25, -0.2) is 26.0 Å². The van der Waals surface area contributed by atoms with Gasteiger partial charge in [0.25, 0.3) is 15.9 Å². The highest BCUT2D eigenvalue weighted by Crippen LogP contribution is 2.19. The number of sulfonamides is 1. The van der Waals surface area contributed by atoms with Crippen LogP contribution in [0.5, 0.6) is 0 Å². The van der Waals surface area contributed by atoms with E-state index in [4.69, 9.17) is 0 Å². The topological polar surface area (TPSA) is 87.3 Å². The Morgan fingerprint density at radius 2 is 1.40 bits per heavy atom. The molecule has 0 bridgehead atoms. The first-order valence-electron chi connectivity index (χ1n) is 8.26. The summed E-state index contributed by atoms with van der Waals surface area (Å²) < 4.78 is 79.4. The number of hydrazine groups is 1. The van der Waals surface area contributed by atoms with E-state index in [1.54, 1.807) is 0 Å². The minimum absolute atomic E-state index is 0.0650. The Morgan fingerprint density at radius 3 is 2.03 bits per heavy atom. The Morgan fingerprint density at radius 1 is 0.767 bits per heavy atom. The number of amides is 1. The Labute approximate surface area is 168 Å². The summed E-state index contributed by atoms with van der Waals surface area (Å²) in [4.78, 5) is 11.9. The van der Waals surface area contributed by atoms with Crippen LogP contribution in [-0.4, -0.2) is 14.3 Å². The third kappa shape index (κ3) is 4.69. The fourth-order valence-corrected chi connectivity index (χ4v) is 3.39. The van der Waals surface area contributed by atoms with Crippen molar-refractivity contribution in [2.45, 2.75) is 4.90 Å². The van der Waals surface area contributed by atoms with Crippen molar-refractivity contribution < 1.29 is 30.8 Å². The van der Waals surface area contributed by atoms with Gasteiger partial charge in [-0.15, -0.1) is 0 Å². The lowest BCUT2D eigenvalue weighted by Gasteiger charge is -2.11. The van der Waals surface area contributed by atoms with E-state index >= 15 is 0 Å². The number of halogens is 4. The lowest BCUT2D eigenvalue weighted by molar-refractivity contribution is 0.0962. The summed E-state index contributed by atoms with van der Waals surface area (Å²) in [6, 6.07) is 11.0. The van der Waals surface area contributed by atoms with Gasteiger partial charge in [0.15, 0.2) is 17.5 Å². The highest BCUT2D eigenvalue weighted by Gasteiger charge is 2.16. The van der Waals surface area contributed by atoms with Crippen LogP contribution in [0.3, 0.4) is 0 Å². The van der Waals surface area contributed by atoms with Gasteiger partial charge in [0.05, 0.1) is 10.6 Å². The molecule has 3 rings (SSSR count). The van der Waals surface area contributed by atoms with Crippen molar-refractivity contribution in [2.24, 2.45) is 0 Å². The van der Waals surface area contributed by atoms with Gasteiger partial charge in [0.2, 0.25) is 0 Å². The highest BCUT2D eigenvalue weighted by atomic mass is 32.2. The summed E-state index contributed by atoms with van der Waals surface area (Å²) >= 11 is 0. The molecule has 0 heterocycles. The summed E-state index contributed by atoms with van der Waals surface area (Å²) in [5.74, 6) is -5.89. The Hall–Kier alpha value is -3.60. The van der Waals surface area contributed by atoms with Gasteiger partial charge in [-0.1, -0.05) is 0 Å². The molecule has 3 aromatic carbocycles. The number of anilines is 2. The summed E-state index contributed by atoms with van der Waals surface area (Å²) in [6.07, 6.45) is 0. The van der Waals surface area contributed by atoms with Crippen LogP contribution >= 0.6 is 0 Å². The molecule has 0 atom stereocenters. The molecule has 0 saturated carbocycles. The van der Waals surface area contributed by atoms with E-state index in [9.17, 15) is 30.8 Å². The Bertz CT molecular complexity index is 1180. The van der Waals surface area contributed by atoms with Gasteiger partial charge in [0.1, 0.15) is 5.82 Å². The molecule has 0 aliphatic heterocycles. The van der Waals surface area contributed by atoms with Crippen molar-refractivity contribution in [1.29, 1.82) is 0 Å². The van der Waals surface area contributed by atoms with Crippen molar-refractivity contribution in [3.05, 3.63) is 89.5 Å². The minimum atomic E-state index is -3.96. The van der Waals surface area contributed by atoms with Gasteiger partial charge < -0.3 is 0 Å². The van der Waals surface area contributed by atoms with Crippen molar-refractivity contribution in [3.63, 3.8) is 0 Å². The average molecular weight is 439 g/mol. The molecule has 6 nitrogen and oxygen atoms in total. The lowest BCUT2D eigenvalue weighted by atomic mass is 10.2. The maximum atomic E-state index is 13.6.